The van der Waals surface area contributed by atoms with Crippen LogP contribution in [-0.4, -0.2) is 56.5 Å². The van der Waals surface area contributed by atoms with Gasteiger partial charge in [-0.15, -0.1) is 0 Å². The van der Waals surface area contributed by atoms with Gasteiger partial charge < -0.3 is 21.1 Å². The Morgan fingerprint density at radius 1 is 1.18 bits per heavy atom. The van der Waals surface area contributed by atoms with Crippen LogP contribution in [0.1, 0.15) is 68.2 Å². The van der Waals surface area contributed by atoms with Crippen LogP contribution in [0.2, 0.25) is 0 Å². The van der Waals surface area contributed by atoms with Gasteiger partial charge >= 0.3 is 0 Å². The van der Waals surface area contributed by atoms with E-state index in [1.54, 1.807) is 11.8 Å². The molecule has 1 aromatic carbocycles. The number of carbonyl (C=O) groups excluding carboxylic acids is 1. The normalized spacial score (nSPS) is 18.9. The maximum Gasteiger partial charge on any atom is 0.264 e. The van der Waals surface area contributed by atoms with Gasteiger partial charge in [-0.2, -0.15) is 0 Å². The first-order valence-electron chi connectivity index (χ1n) is 12.0. The van der Waals surface area contributed by atoms with Gasteiger partial charge in [0.2, 0.25) is 11.9 Å². The smallest absolute Gasteiger partial charge is 0.264 e. The van der Waals surface area contributed by atoms with Crippen LogP contribution in [0.4, 0.5) is 0 Å². The van der Waals surface area contributed by atoms with E-state index in [1.165, 1.54) is 0 Å². The van der Waals surface area contributed by atoms with Gasteiger partial charge in [0.1, 0.15) is 11.4 Å². The van der Waals surface area contributed by atoms with E-state index in [0.717, 1.165) is 55.6 Å². The molecule has 1 saturated heterocycles. The first-order chi connectivity index (χ1) is 15.8. The minimum absolute atomic E-state index is 0.0312. The van der Waals surface area contributed by atoms with Crippen LogP contribution in [0.3, 0.4) is 0 Å². The van der Waals surface area contributed by atoms with E-state index in [2.05, 4.69) is 9.71 Å². The fraction of sp³-hybridized carbons (Fsp3) is 0.667. The second-order valence-corrected chi connectivity index (χ2v) is 11.6. The van der Waals surface area contributed by atoms with E-state index in [4.69, 9.17) is 16.2 Å². The summed E-state index contributed by atoms with van der Waals surface area (Å²) in [6, 6.07) is -0.567. The van der Waals surface area contributed by atoms with E-state index >= 15 is 0 Å². The van der Waals surface area contributed by atoms with Crippen molar-refractivity contribution in [3.63, 3.8) is 0 Å². The number of aliphatic imine (C=N–C) groups is 1. The van der Waals surface area contributed by atoms with Crippen molar-refractivity contribution >= 4 is 21.9 Å². The topological polar surface area (TPSA) is 140 Å². The van der Waals surface area contributed by atoms with Gasteiger partial charge in [0, 0.05) is 19.6 Å². The summed E-state index contributed by atoms with van der Waals surface area (Å²) in [7, 11) is -3.93. The molecule has 0 aliphatic carbocycles. The lowest BCUT2D eigenvalue weighted by Gasteiger charge is -2.35. The van der Waals surface area contributed by atoms with Gasteiger partial charge in [-0.1, -0.05) is 0 Å². The van der Waals surface area contributed by atoms with Gasteiger partial charge in [0.05, 0.1) is 10.9 Å². The minimum atomic E-state index is -3.93. The van der Waals surface area contributed by atoms with E-state index in [-0.39, 0.29) is 28.9 Å². The highest BCUT2D eigenvalue weighted by molar-refractivity contribution is 7.90. The molecule has 1 amide bonds. The zero-order chi connectivity index (χ0) is 25.3. The Morgan fingerprint density at radius 3 is 2.47 bits per heavy atom. The van der Waals surface area contributed by atoms with Crippen molar-refractivity contribution in [3.8, 4) is 5.75 Å². The Labute approximate surface area is 203 Å². The molecule has 0 bridgehead atoms. The molecule has 34 heavy (non-hydrogen) atoms. The summed E-state index contributed by atoms with van der Waals surface area (Å²) in [5, 5.41) is 0. The number of sulfonamides is 1. The number of likely N-dealkylation sites (tertiary alicyclic amines) is 1. The quantitative estimate of drug-likeness (QED) is 0.302. The number of nitrogens with one attached hydrogen (secondary N) is 1. The number of nitrogens with zero attached hydrogens (tertiary/aromatic N) is 2. The molecule has 0 saturated carbocycles. The molecule has 2 aliphatic heterocycles. The number of fused-ring (bicyclic) bond motifs is 1. The molecule has 10 heteroatoms. The van der Waals surface area contributed by atoms with Crippen LogP contribution < -0.4 is 20.9 Å². The van der Waals surface area contributed by atoms with Crippen molar-refractivity contribution < 1.29 is 17.9 Å². The number of benzene rings is 1. The molecule has 0 unspecified atom stereocenters. The Balaban J connectivity index is 1.67. The summed E-state index contributed by atoms with van der Waals surface area (Å²) in [5.41, 5.74) is 14.7. The zero-order valence-electron chi connectivity index (χ0n) is 21.0. The molecule has 0 aromatic heterocycles. The molecule has 5 N–H and O–H groups in total. The van der Waals surface area contributed by atoms with Crippen LogP contribution in [0.15, 0.2) is 9.89 Å². The third kappa shape index (κ3) is 5.66. The van der Waals surface area contributed by atoms with E-state index in [9.17, 15) is 13.2 Å². The Bertz CT molecular complexity index is 1080. The fourth-order valence-electron chi connectivity index (χ4n) is 4.78. The van der Waals surface area contributed by atoms with E-state index in [0.29, 0.717) is 24.0 Å². The van der Waals surface area contributed by atoms with Crippen LogP contribution in [0.5, 0.6) is 5.75 Å². The van der Waals surface area contributed by atoms with E-state index in [1.807, 2.05) is 27.7 Å². The predicted molar refractivity (Wildman–Crippen MR) is 134 cm³/mol. The first-order valence-corrected chi connectivity index (χ1v) is 13.5. The average molecular weight is 494 g/mol. The average Bonchev–Trinajstić information content (AvgIpc) is 3.28. The summed E-state index contributed by atoms with van der Waals surface area (Å²) in [4.78, 5) is 18.5. The van der Waals surface area contributed by atoms with Crippen molar-refractivity contribution in [2.75, 3.05) is 19.6 Å². The SMILES string of the molecule is Cc1c(C)c(S(=O)(=O)NC(N)=NCCC[C@H](N)C(=O)N2CCCC2)c(C)c2c1OC(C)(C)CC2. The molecule has 1 aromatic rings. The van der Waals surface area contributed by atoms with Gasteiger partial charge in [0.25, 0.3) is 10.0 Å². The highest BCUT2D eigenvalue weighted by Gasteiger charge is 2.33. The third-order valence-electron chi connectivity index (χ3n) is 6.86. The lowest BCUT2D eigenvalue weighted by atomic mass is 9.88. The summed E-state index contributed by atoms with van der Waals surface area (Å²) >= 11 is 0. The number of rotatable bonds is 7. The number of nitrogens with two attached hydrogens (primary N) is 2. The minimum Gasteiger partial charge on any atom is -0.487 e. The number of hydrogen-bond donors (Lipinski definition) is 3. The van der Waals surface area contributed by atoms with Crippen LogP contribution >= 0.6 is 0 Å². The zero-order valence-corrected chi connectivity index (χ0v) is 21.8. The maximum absolute atomic E-state index is 13.2. The van der Waals surface area contributed by atoms with Crippen molar-refractivity contribution in [2.45, 2.75) is 89.7 Å². The summed E-state index contributed by atoms with van der Waals surface area (Å²) in [6.45, 7) is 11.4. The molecule has 9 nitrogen and oxygen atoms in total. The van der Waals surface area contributed by atoms with Crippen LogP contribution in [0, 0.1) is 20.8 Å². The lowest BCUT2D eigenvalue weighted by Crippen LogP contribution is -2.42. The highest BCUT2D eigenvalue weighted by atomic mass is 32.2. The number of amides is 1. The number of guanidine groups is 1. The summed E-state index contributed by atoms with van der Waals surface area (Å²) in [5.74, 6) is 0.578. The molecule has 0 radical (unpaired) electrons. The molecule has 1 fully saturated rings. The predicted octanol–water partition coefficient (Wildman–Crippen LogP) is 2.04. The number of ether oxygens (including phenoxy) is 1. The van der Waals surface area contributed by atoms with Gasteiger partial charge in [-0.05, 0) is 95.4 Å². The summed E-state index contributed by atoms with van der Waals surface area (Å²) in [6.07, 6.45) is 4.60. The second kappa shape index (κ2) is 10.1. The number of hydrogen-bond acceptors (Lipinski definition) is 6. The lowest BCUT2D eigenvalue weighted by molar-refractivity contribution is -0.131. The van der Waals surface area contributed by atoms with Gasteiger partial charge in [-0.25, -0.2) is 13.1 Å². The van der Waals surface area contributed by atoms with Crippen molar-refractivity contribution in [2.24, 2.45) is 16.5 Å². The molecule has 2 heterocycles. The maximum atomic E-state index is 13.2. The molecule has 3 rings (SSSR count). The van der Waals surface area contributed by atoms with Crippen molar-refractivity contribution in [1.82, 2.24) is 9.62 Å². The van der Waals surface area contributed by atoms with Crippen LogP contribution in [0.25, 0.3) is 0 Å². The Morgan fingerprint density at radius 2 is 1.82 bits per heavy atom. The number of carbonyl (C=O) groups is 1. The largest absolute Gasteiger partial charge is 0.487 e. The third-order valence-corrected chi connectivity index (χ3v) is 8.49. The molecule has 0 spiro atoms. The van der Waals surface area contributed by atoms with Crippen molar-refractivity contribution in [1.29, 1.82) is 0 Å². The Hall–Kier alpha value is -2.33. The first kappa shape index (κ1) is 26.3. The molecular formula is C24H39N5O4S. The Kier molecular flexibility index (Phi) is 7.82. The standard InChI is InChI=1S/C24H39N5O4S/c1-15-16(2)21(17(3)18-10-11-24(4,5)33-20(15)18)34(31,32)28-23(26)27-12-8-9-19(25)22(30)29-13-6-7-14-29/h19H,6-14,25H2,1-5H3,(H3,26,27,28)/t19-/m0/s1. The van der Waals surface area contributed by atoms with E-state index < -0.39 is 16.1 Å². The summed E-state index contributed by atoms with van der Waals surface area (Å²) < 4.78 is 35.1. The van der Waals surface area contributed by atoms with Crippen molar-refractivity contribution in [3.05, 3.63) is 22.3 Å². The molecule has 1 atom stereocenters. The monoisotopic (exact) mass is 493 g/mol. The molecule has 190 valence electrons. The van der Waals surface area contributed by atoms with Crippen LogP contribution in [-0.2, 0) is 21.2 Å². The van der Waals surface area contributed by atoms with Gasteiger partial charge in [-0.3, -0.25) is 9.79 Å². The molecule has 2 aliphatic rings. The highest BCUT2D eigenvalue weighted by Crippen LogP contribution is 2.42. The fourth-order valence-corrected chi connectivity index (χ4v) is 6.30. The second-order valence-electron chi connectivity index (χ2n) is 10.0. The molecular weight excluding hydrogens is 454 g/mol. The van der Waals surface area contributed by atoms with Gasteiger partial charge in [0.15, 0.2) is 0 Å².